The highest BCUT2D eigenvalue weighted by Crippen LogP contribution is 2.27. The molecule has 0 radical (unpaired) electrons. The highest BCUT2D eigenvalue weighted by Gasteiger charge is 2.15. The lowest BCUT2D eigenvalue weighted by Crippen LogP contribution is -2.15. The molecule has 0 aromatic heterocycles. The van der Waals surface area contributed by atoms with Crippen LogP contribution in [0.2, 0.25) is 0 Å². The van der Waals surface area contributed by atoms with Gasteiger partial charge in [-0.3, -0.25) is 4.79 Å². The summed E-state index contributed by atoms with van der Waals surface area (Å²) in [6.45, 7) is 1.30. The third-order valence-corrected chi connectivity index (χ3v) is 4.06. The zero-order valence-electron chi connectivity index (χ0n) is 13.2. The van der Waals surface area contributed by atoms with Crippen LogP contribution in [-0.2, 0) is 17.8 Å². The Kier molecular flexibility index (Phi) is 4.48. The van der Waals surface area contributed by atoms with Crippen LogP contribution in [0.4, 0.5) is 17.1 Å². The van der Waals surface area contributed by atoms with E-state index in [1.807, 2.05) is 18.2 Å². The number of hydrogen-bond donors (Lipinski definition) is 3. The van der Waals surface area contributed by atoms with Crippen molar-refractivity contribution in [3.8, 4) is 0 Å². The van der Waals surface area contributed by atoms with Crippen molar-refractivity contribution < 1.29 is 9.90 Å². The second-order valence-corrected chi connectivity index (χ2v) is 5.78. The predicted molar refractivity (Wildman–Crippen MR) is 92.9 cm³/mol. The van der Waals surface area contributed by atoms with Crippen LogP contribution >= 0.6 is 0 Å². The fourth-order valence-electron chi connectivity index (χ4n) is 2.84. The SMILES string of the molecule is CN1CCc2cc(CNc3cccc(NC(=O)CO)c3)ccc21. The van der Waals surface area contributed by atoms with Gasteiger partial charge in [0.2, 0.25) is 5.91 Å². The van der Waals surface area contributed by atoms with E-state index in [-0.39, 0.29) is 0 Å². The van der Waals surface area contributed by atoms with Gasteiger partial charge in [-0.15, -0.1) is 0 Å². The Morgan fingerprint density at radius 2 is 2.04 bits per heavy atom. The van der Waals surface area contributed by atoms with Crippen LogP contribution in [0.5, 0.6) is 0 Å². The molecule has 2 aromatic rings. The van der Waals surface area contributed by atoms with Crippen molar-refractivity contribution in [1.82, 2.24) is 0 Å². The zero-order valence-corrected chi connectivity index (χ0v) is 13.2. The predicted octanol–water partition coefficient (Wildman–Crippen LogP) is 2.22. The Morgan fingerprint density at radius 3 is 2.87 bits per heavy atom. The third kappa shape index (κ3) is 3.63. The van der Waals surface area contributed by atoms with Gasteiger partial charge < -0.3 is 20.6 Å². The lowest BCUT2D eigenvalue weighted by Gasteiger charge is -2.13. The minimum Gasteiger partial charge on any atom is -0.387 e. The number of anilines is 3. The summed E-state index contributed by atoms with van der Waals surface area (Å²) in [5, 5.41) is 14.8. The number of likely N-dealkylation sites (N-methyl/N-ethyl adjacent to an activating group) is 1. The summed E-state index contributed by atoms with van der Waals surface area (Å²) in [5.41, 5.74) is 5.56. The average molecular weight is 311 g/mol. The van der Waals surface area contributed by atoms with Crippen LogP contribution in [-0.4, -0.2) is 31.2 Å². The number of amides is 1. The molecule has 3 N–H and O–H groups in total. The van der Waals surface area contributed by atoms with Crippen LogP contribution < -0.4 is 15.5 Å². The molecule has 0 unspecified atom stereocenters. The highest BCUT2D eigenvalue weighted by molar-refractivity contribution is 5.91. The molecule has 120 valence electrons. The third-order valence-electron chi connectivity index (χ3n) is 4.06. The largest absolute Gasteiger partial charge is 0.387 e. The fraction of sp³-hybridized carbons (Fsp3) is 0.278. The van der Waals surface area contributed by atoms with Gasteiger partial charge in [0.1, 0.15) is 6.61 Å². The van der Waals surface area contributed by atoms with Crippen molar-refractivity contribution in [1.29, 1.82) is 0 Å². The van der Waals surface area contributed by atoms with Gasteiger partial charge in [-0.05, 0) is 41.8 Å². The van der Waals surface area contributed by atoms with Gasteiger partial charge in [0.05, 0.1) is 0 Å². The summed E-state index contributed by atoms with van der Waals surface area (Å²) in [6, 6.07) is 14.0. The van der Waals surface area contributed by atoms with E-state index >= 15 is 0 Å². The molecule has 1 amide bonds. The number of carbonyl (C=O) groups excluding carboxylic acids is 1. The van der Waals surface area contributed by atoms with Crippen LogP contribution in [0.3, 0.4) is 0 Å². The van der Waals surface area contributed by atoms with E-state index in [0.29, 0.717) is 5.69 Å². The Balaban J connectivity index is 1.64. The zero-order chi connectivity index (χ0) is 16.2. The number of nitrogens with one attached hydrogen (secondary N) is 2. The van der Waals surface area contributed by atoms with Crippen molar-refractivity contribution in [3.63, 3.8) is 0 Å². The summed E-state index contributed by atoms with van der Waals surface area (Å²) in [6.07, 6.45) is 1.10. The van der Waals surface area contributed by atoms with Crippen molar-refractivity contribution >= 4 is 23.0 Å². The molecule has 3 rings (SSSR count). The Labute approximate surface area is 135 Å². The number of nitrogens with zero attached hydrogens (tertiary/aromatic N) is 1. The first-order valence-corrected chi connectivity index (χ1v) is 7.73. The van der Waals surface area contributed by atoms with E-state index in [9.17, 15) is 4.79 Å². The van der Waals surface area contributed by atoms with Crippen molar-refractivity contribution in [2.75, 3.05) is 35.7 Å². The van der Waals surface area contributed by atoms with Gasteiger partial charge in [0.15, 0.2) is 0 Å². The molecule has 0 saturated heterocycles. The van der Waals surface area contributed by atoms with Gasteiger partial charge in [0, 0.05) is 37.2 Å². The highest BCUT2D eigenvalue weighted by atomic mass is 16.3. The van der Waals surface area contributed by atoms with Gasteiger partial charge >= 0.3 is 0 Å². The Hall–Kier alpha value is -2.53. The molecule has 0 saturated carbocycles. The second-order valence-electron chi connectivity index (χ2n) is 5.78. The van der Waals surface area contributed by atoms with Gasteiger partial charge in [-0.1, -0.05) is 18.2 Å². The van der Waals surface area contributed by atoms with E-state index in [2.05, 4.69) is 40.8 Å². The van der Waals surface area contributed by atoms with Crippen molar-refractivity contribution in [2.24, 2.45) is 0 Å². The summed E-state index contributed by atoms with van der Waals surface area (Å²) in [4.78, 5) is 13.5. The Bertz CT molecular complexity index is 715. The van der Waals surface area contributed by atoms with Gasteiger partial charge in [0.25, 0.3) is 0 Å². The van der Waals surface area contributed by atoms with E-state index in [0.717, 1.165) is 25.2 Å². The molecule has 1 aliphatic rings. The number of benzene rings is 2. The maximum Gasteiger partial charge on any atom is 0.250 e. The molecule has 5 nitrogen and oxygen atoms in total. The molecule has 2 aromatic carbocycles. The number of hydrogen-bond acceptors (Lipinski definition) is 4. The molecule has 0 fully saturated rings. The standard InChI is InChI=1S/C18H21N3O2/c1-21-8-7-14-9-13(5-6-17(14)21)11-19-15-3-2-4-16(10-15)20-18(23)12-22/h2-6,9-10,19,22H,7-8,11-12H2,1H3,(H,20,23). The van der Waals surface area contributed by atoms with Crippen molar-refractivity contribution in [2.45, 2.75) is 13.0 Å². The van der Waals surface area contributed by atoms with Crippen LogP contribution in [0.15, 0.2) is 42.5 Å². The number of carbonyl (C=O) groups is 1. The number of aliphatic hydroxyl groups is 1. The van der Waals surface area contributed by atoms with E-state index in [1.54, 1.807) is 6.07 Å². The quantitative estimate of drug-likeness (QED) is 0.792. The lowest BCUT2D eigenvalue weighted by molar-refractivity contribution is -0.118. The van der Waals surface area contributed by atoms with Crippen LogP contribution in [0.1, 0.15) is 11.1 Å². The molecular formula is C18H21N3O2. The molecular weight excluding hydrogens is 290 g/mol. The number of fused-ring (bicyclic) bond motifs is 1. The molecule has 1 aliphatic heterocycles. The average Bonchev–Trinajstić information content (AvgIpc) is 2.94. The Morgan fingerprint density at radius 1 is 1.22 bits per heavy atom. The number of rotatable bonds is 5. The van der Waals surface area contributed by atoms with Crippen LogP contribution in [0, 0.1) is 0 Å². The summed E-state index contributed by atoms with van der Waals surface area (Å²) < 4.78 is 0. The molecule has 23 heavy (non-hydrogen) atoms. The molecule has 0 bridgehead atoms. The first kappa shape index (κ1) is 15.4. The maximum atomic E-state index is 11.2. The smallest absolute Gasteiger partial charge is 0.250 e. The minimum atomic E-state index is -0.513. The second kappa shape index (κ2) is 6.71. The first-order valence-electron chi connectivity index (χ1n) is 7.73. The summed E-state index contributed by atoms with van der Waals surface area (Å²) in [5.74, 6) is -0.412. The first-order chi connectivity index (χ1) is 11.2. The van der Waals surface area contributed by atoms with E-state index in [1.165, 1.54) is 16.8 Å². The molecule has 0 aliphatic carbocycles. The normalized spacial score (nSPS) is 12.9. The van der Waals surface area contributed by atoms with Gasteiger partial charge in [-0.2, -0.15) is 0 Å². The maximum absolute atomic E-state index is 11.2. The molecule has 1 heterocycles. The molecule has 0 atom stereocenters. The summed E-state index contributed by atoms with van der Waals surface area (Å²) in [7, 11) is 2.12. The molecule has 5 heteroatoms. The lowest BCUT2D eigenvalue weighted by atomic mass is 10.1. The van der Waals surface area contributed by atoms with Gasteiger partial charge in [-0.25, -0.2) is 0 Å². The topological polar surface area (TPSA) is 64.6 Å². The fourth-order valence-corrected chi connectivity index (χ4v) is 2.84. The minimum absolute atomic E-state index is 0.412. The van der Waals surface area contributed by atoms with E-state index in [4.69, 9.17) is 5.11 Å². The van der Waals surface area contributed by atoms with Crippen molar-refractivity contribution in [3.05, 3.63) is 53.6 Å². The summed E-state index contributed by atoms with van der Waals surface area (Å²) >= 11 is 0. The number of aliphatic hydroxyl groups excluding tert-OH is 1. The monoisotopic (exact) mass is 311 g/mol. The van der Waals surface area contributed by atoms with Crippen LogP contribution in [0.25, 0.3) is 0 Å². The molecule has 0 spiro atoms. The van der Waals surface area contributed by atoms with E-state index < -0.39 is 12.5 Å².